The average Bonchev–Trinajstić information content (AvgIpc) is 2.57. The molecule has 0 atom stereocenters. The van der Waals surface area contributed by atoms with Gasteiger partial charge in [0.1, 0.15) is 11.6 Å². The molecule has 4 nitrogen and oxygen atoms in total. The maximum Gasteiger partial charge on any atom is 0.254 e. The second-order valence-corrected chi connectivity index (χ2v) is 5.15. The number of halogens is 1. The normalized spacial score (nSPS) is 14.9. The molecule has 1 aliphatic heterocycles. The predicted octanol–water partition coefficient (Wildman–Crippen LogP) is 2.67. The zero-order valence-electron chi connectivity index (χ0n) is 12.0. The third kappa shape index (κ3) is 2.94. The van der Waals surface area contributed by atoms with Crippen LogP contribution in [0.25, 0.3) is 11.1 Å². The van der Waals surface area contributed by atoms with E-state index in [1.165, 1.54) is 18.2 Å². The van der Waals surface area contributed by atoms with E-state index < -0.39 is 5.82 Å². The Morgan fingerprint density at radius 1 is 1.09 bits per heavy atom. The largest absolute Gasteiger partial charge is 0.508 e. The van der Waals surface area contributed by atoms with Gasteiger partial charge < -0.3 is 14.7 Å². The number of carbonyl (C=O) groups is 1. The summed E-state index contributed by atoms with van der Waals surface area (Å²) in [5, 5.41) is 9.47. The van der Waals surface area contributed by atoms with Crippen molar-refractivity contribution in [1.82, 2.24) is 4.90 Å². The van der Waals surface area contributed by atoms with Crippen LogP contribution in [0.3, 0.4) is 0 Å². The first-order valence-electron chi connectivity index (χ1n) is 7.11. The summed E-state index contributed by atoms with van der Waals surface area (Å²) in [6, 6.07) is 10.6. The van der Waals surface area contributed by atoms with Gasteiger partial charge >= 0.3 is 0 Å². The number of nitrogens with zero attached hydrogens (tertiary/aromatic N) is 1. The van der Waals surface area contributed by atoms with Gasteiger partial charge in [0, 0.05) is 24.2 Å². The van der Waals surface area contributed by atoms with E-state index in [4.69, 9.17) is 4.74 Å². The van der Waals surface area contributed by atoms with Crippen LogP contribution in [0, 0.1) is 5.82 Å². The Hall–Kier alpha value is -2.40. The number of hydrogen-bond acceptors (Lipinski definition) is 3. The van der Waals surface area contributed by atoms with E-state index >= 15 is 0 Å². The quantitative estimate of drug-likeness (QED) is 0.928. The van der Waals surface area contributed by atoms with E-state index in [9.17, 15) is 14.3 Å². The minimum absolute atomic E-state index is 0.00451. The molecule has 0 radical (unpaired) electrons. The fraction of sp³-hybridized carbons (Fsp3) is 0.235. The topological polar surface area (TPSA) is 49.8 Å². The van der Waals surface area contributed by atoms with Crippen molar-refractivity contribution in [2.75, 3.05) is 26.3 Å². The summed E-state index contributed by atoms with van der Waals surface area (Å²) in [6.07, 6.45) is 0. The molecule has 1 N–H and O–H groups in total. The Labute approximate surface area is 127 Å². The molecule has 2 aromatic rings. The second kappa shape index (κ2) is 6.15. The molecule has 114 valence electrons. The molecule has 0 saturated carbocycles. The van der Waals surface area contributed by atoms with Gasteiger partial charge in [0.05, 0.1) is 13.2 Å². The van der Waals surface area contributed by atoms with Gasteiger partial charge in [-0.2, -0.15) is 0 Å². The zero-order chi connectivity index (χ0) is 15.5. The summed E-state index contributed by atoms with van der Waals surface area (Å²) in [7, 11) is 0. The SMILES string of the molecule is O=C(c1ccc(-c2cc(O)ccc2F)cc1)N1CCOCC1. The lowest BCUT2D eigenvalue weighted by Crippen LogP contribution is -2.40. The van der Waals surface area contributed by atoms with E-state index in [0.29, 0.717) is 43.0 Å². The van der Waals surface area contributed by atoms with Crippen molar-refractivity contribution < 1.29 is 19.0 Å². The van der Waals surface area contributed by atoms with Gasteiger partial charge in [0.25, 0.3) is 5.91 Å². The molecule has 2 aromatic carbocycles. The van der Waals surface area contributed by atoms with E-state index in [-0.39, 0.29) is 11.7 Å². The third-order valence-corrected chi connectivity index (χ3v) is 3.69. The zero-order valence-corrected chi connectivity index (χ0v) is 12.0. The van der Waals surface area contributed by atoms with Crippen LogP contribution in [0.5, 0.6) is 5.75 Å². The minimum Gasteiger partial charge on any atom is -0.508 e. The summed E-state index contributed by atoms with van der Waals surface area (Å²) < 4.78 is 19.0. The van der Waals surface area contributed by atoms with Crippen LogP contribution < -0.4 is 0 Å². The first-order chi connectivity index (χ1) is 10.6. The molecule has 1 fully saturated rings. The molecule has 0 bridgehead atoms. The van der Waals surface area contributed by atoms with Crippen LogP contribution in [0.15, 0.2) is 42.5 Å². The lowest BCUT2D eigenvalue weighted by atomic mass is 10.0. The van der Waals surface area contributed by atoms with E-state index in [2.05, 4.69) is 0 Å². The Bertz CT molecular complexity index is 679. The number of phenolic OH excluding ortho intramolecular Hbond substituents is 1. The number of benzene rings is 2. The molecule has 22 heavy (non-hydrogen) atoms. The van der Waals surface area contributed by atoms with E-state index in [1.807, 2.05) is 0 Å². The Kier molecular flexibility index (Phi) is 4.06. The Morgan fingerprint density at radius 2 is 1.77 bits per heavy atom. The highest BCUT2D eigenvalue weighted by molar-refractivity contribution is 5.94. The highest BCUT2D eigenvalue weighted by Gasteiger charge is 2.18. The molecule has 1 aliphatic rings. The minimum atomic E-state index is -0.412. The van der Waals surface area contributed by atoms with Crippen molar-refractivity contribution >= 4 is 5.91 Å². The number of rotatable bonds is 2. The molecular weight excluding hydrogens is 285 g/mol. The summed E-state index contributed by atoms with van der Waals surface area (Å²) in [6.45, 7) is 2.28. The van der Waals surface area contributed by atoms with Gasteiger partial charge in [0.2, 0.25) is 0 Å². The van der Waals surface area contributed by atoms with Crippen molar-refractivity contribution in [3.8, 4) is 16.9 Å². The summed E-state index contributed by atoms with van der Waals surface area (Å²) in [5.41, 5.74) is 1.49. The average molecular weight is 301 g/mol. The second-order valence-electron chi connectivity index (χ2n) is 5.15. The Morgan fingerprint density at radius 3 is 2.45 bits per heavy atom. The fourth-order valence-corrected chi connectivity index (χ4v) is 2.48. The molecular formula is C17H16FNO3. The van der Waals surface area contributed by atoms with Crippen molar-refractivity contribution in [2.24, 2.45) is 0 Å². The predicted molar refractivity (Wildman–Crippen MR) is 80.2 cm³/mol. The van der Waals surface area contributed by atoms with Crippen LogP contribution in [-0.2, 0) is 4.74 Å². The summed E-state index contributed by atoms with van der Waals surface area (Å²) in [5.74, 6) is -0.457. The van der Waals surface area contributed by atoms with Crippen LogP contribution in [-0.4, -0.2) is 42.2 Å². The molecule has 1 amide bonds. The number of morpholine rings is 1. The first-order valence-corrected chi connectivity index (χ1v) is 7.11. The molecule has 3 rings (SSSR count). The Balaban J connectivity index is 1.83. The monoisotopic (exact) mass is 301 g/mol. The number of carbonyl (C=O) groups excluding carboxylic acids is 1. The molecule has 0 aromatic heterocycles. The van der Waals surface area contributed by atoms with E-state index in [1.54, 1.807) is 29.2 Å². The number of aromatic hydroxyl groups is 1. The standard InChI is InChI=1S/C17H16FNO3/c18-16-6-5-14(20)11-15(16)12-1-3-13(4-2-12)17(21)19-7-9-22-10-8-19/h1-6,11,20H,7-10H2. The lowest BCUT2D eigenvalue weighted by molar-refractivity contribution is 0.0303. The van der Waals surface area contributed by atoms with Crippen LogP contribution in [0.4, 0.5) is 4.39 Å². The van der Waals surface area contributed by atoms with Crippen LogP contribution in [0.2, 0.25) is 0 Å². The van der Waals surface area contributed by atoms with Crippen molar-refractivity contribution in [1.29, 1.82) is 0 Å². The van der Waals surface area contributed by atoms with Gasteiger partial charge in [-0.25, -0.2) is 4.39 Å². The number of hydrogen-bond donors (Lipinski definition) is 1. The van der Waals surface area contributed by atoms with Crippen molar-refractivity contribution in [2.45, 2.75) is 0 Å². The van der Waals surface area contributed by atoms with Crippen LogP contribution in [0.1, 0.15) is 10.4 Å². The van der Waals surface area contributed by atoms with Gasteiger partial charge in [-0.05, 0) is 35.9 Å². The van der Waals surface area contributed by atoms with Gasteiger partial charge in [-0.1, -0.05) is 12.1 Å². The molecule has 0 unspecified atom stereocenters. The summed E-state index contributed by atoms with van der Waals surface area (Å²) in [4.78, 5) is 14.1. The molecule has 1 heterocycles. The highest BCUT2D eigenvalue weighted by Crippen LogP contribution is 2.27. The van der Waals surface area contributed by atoms with Gasteiger partial charge in [0.15, 0.2) is 0 Å². The fourth-order valence-electron chi connectivity index (χ4n) is 2.48. The third-order valence-electron chi connectivity index (χ3n) is 3.69. The molecule has 5 heteroatoms. The van der Waals surface area contributed by atoms with Crippen LogP contribution >= 0.6 is 0 Å². The maximum atomic E-state index is 13.8. The number of phenols is 1. The van der Waals surface area contributed by atoms with Crippen molar-refractivity contribution in [3.63, 3.8) is 0 Å². The maximum absolute atomic E-state index is 13.8. The van der Waals surface area contributed by atoms with Gasteiger partial charge in [-0.15, -0.1) is 0 Å². The molecule has 0 aliphatic carbocycles. The summed E-state index contributed by atoms with van der Waals surface area (Å²) >= 11 is 0. The first kappa shape index (κ1) is 14.5. The van der Waals surface area contributed by atoms with Crippen molar-refractivity contribution in [3.05, 3.63) is 53.8 Å². The molecule has 0 spiro atoms. The highest BCUT2D eigenvalue weighted by atomic mass is 19.1. The number of amides is 1. The smallest absolute Gasteiger partial charge is 0.254 e. The lowest BCUT2D eigenvalue weighted by Gasteiger charge is -2.26. The molecule has 1 saturated heterocycles. The number of ether oxygens (including phenoxy) is 1. The van der Waals surface area contributed by atoms with E-state index in [0.717, 1.165) is 0 Å². The van der Waals surface area contributed by atoms with Gasteiger partial charge in [-0.3, -0.25) is 4.79 Å².